The normalized spacial score (nSPS) is 27.8. The molecule has 4 rings (SSSR count). The number of ether oxygens (including phenoxy) is 1. The first-order valence-electron chi connectivity index (χ1n) is 9.34. The van der Waals surface area contributed by atoms with Crippen molar-refractivity contribution < 1.29 is 9.84 Å². The number of aliphatic hydroxyl groups excluding tert-OH is 1. The number of anilines is 1. The first-order chi connectivity index (χ1) is 12.2. The molecule has 134 valence electrons. The van der Waals surface area contributed by atoms with E-state index in [2.05, 4.69) is 40.1 Å². The Morgan fingerprint density at radius 3 is 2.76 bits per heavy atom. The predicted octanol–water partition coefficient (Wildman–Crippen LogP) is 3.10. The number of likely N-dealkylation sites (N-methyl/N-ethyl adjacent to an activating group) is 1. The molecule has 0 aromatic heterocycles. The van der Waals surface area contributed by atoms with E-state index in [0.717, 1.165) is 44.5 Å². The van der Waals surface area contributed by atoms with Crippen LogP contribution in [0.2, 0.25) is 0 Å². The van der Waals surface area contributed by atoms with Crippen molar-refractivity contribution in [3.8, 4) is 5.75 Å². The highest BCUT2D eigenvalue weighted by atomic mass is 16.5. The quantitative estimate of drug-likeness (QED) is 0.914. The summed E-state index contributed by atoms with van der Waals surface area (Å²) in [4.78, 5) is 2.50. The van der Waals surface area contributed by atoms with Crippen molar-refractivity contribution in [2.45, 2.75) is 44.9 Å². The number of hydrogen-bond donors (Lipinski definition) is 1. The lowest BCUT2D eigenvalue weighted by atomic mass is 9.86. The maximum absolute atomic E-state index is 9.81. The number of nitrogens with zero attached hydrogens (tertiary/aromatic N) is 3. The van der Waals surface area contributed by atoms with E-state index >= 15 is 0 Å². The summed E-state index contributed by atoms with van der Waals surface area (Å²) in [5, 5.41) is 16.6. The Labute approximate surface area is 149 Å². The third kappa shape index (κ3) is 3.01. The fourth-order valence-corrected chi connectivity index (χ4v) is 4.30. The molecule has 5 heteroatoms. The summed E-state index contributed by atoms with van der Waals surface area (Å²) >= 11 is 0. The van der Waals surface area contributed by atoms with Crippen molar-refractivity contribution in [2.24, 2.45) is 11.0 Å². The topological polar surface area (TPSA) is 48.3 Å². The lowest BCUT2D eigenvalue weighted by Crippen LogP contribution is -2.49. The van der Waals surface area contributed by atoms with Crippen LogP contribution in [0.25, 0.3) is 6.08 Å². The molecule has 1 unspecified atom stereocenters. The van der Waals surface area contributed by atoms with E-state index in [9.17, 15) is 5.11 Å². The molecule has 1 aliphatic carbocycles. The average molecular weight is 341 g/mol. The van der Waals surface area contributed by atoms with Crippen LogP contribution < -0.4 is 9.64 Å². The molecule has 0 saturated heterocycles. The summed E-state index contributed by atoms with van der Waals surface area (Å²) in [6.07, 6.45) is 8.37. The highest BCUT2D eigenvalue weighted by Crippen LogP contribution is 2.39. The van der Waals surface area contributed by atoms with Crippen LogP contribution in [0.3, 0.4) is 0 Å². The van der Waals surface area contributed by atoms with Crippen LogP contribution in [0.1, 0.15) is 38.2 Å². The van der Waals surface area contributed by atoms with Gasteiger partial charge in [0.05, 0.1) is 19.4 Å². The summed E-state index contributed by atoms with van der Waals surface area (Å²) in [6, 6.07) is 6.32. The number of hydrogen-bond acceptors (Lipinski definition) is 5. The van der Waals surface area contributed by atoms with Crippen molar-refractivity contribution in [2.75, 3.05) is 25.1 Å². The zero-order chi connectivity index (χ0) is 17.4. The lowest BCUT2D eigenvalue weighted by Gasteiger charge is -2.42. The molecule has 0 spiro atoms. The minimum Gasteiger partial charge on any atom is -0.497 e. The number of benzene rings is 1. The summed E-state index contributed by atoms with van der Waals surface area (Å²) in [6.45, 7) is 4.05. The van der Waals surface area contributed by atoms with Gasteiger partial charge in [0.2, 0.25) is 0 Å². The molecule has 0 amide bonds. The molecular weight excluding hydrogens is 314 g/mol. The molecule has 2 aliphatic heterocycles. The number of hydrazone groups is 1. The Morgan fingerprint density at radius 2 is 2.04 bits per heavy atom. The second-order valence-corrected chi connectivity index (χ2v) is 7.27. The van der Waals surface area contributed by atoms with Gasteiger partial charge >= 0.3 is 0 Å². The van der Waals surface area contributed by atoms with Gasteiger partial charge in [0, 0.05) is 29.9 Å². The smallest absolute Gasteiger partial charge is 0.146 e. The summed E-state index contributed by atoms with van der Waals surface area (Å²) in [5.41, 5.74) is 3.70. The predicted molar refractivity (Wildman–Crippen MR) is 101 cm³/mol. The molecule has 1 fully saturated rings. The maximum atomic E-state index is 9.81. The van der Waals surface area contributed by atoms with Gasteiger partial charge in [0.15, 0.2) is 0 Å². The van der Waals surface area contributed by atoms with Crippen LogP contribution in [0.15, 0.2) is 28.9 Å². The Bertz CT molecular complexity index is 692. The molecule has 0 bridgehead atoms. The number of rotatable bonds is 4. The van der Waals surface area contributed by atoms with Crippen LogP contribution in [0.5, 0.6) is 5.75 Å². The maximum Gasteiger partial charge on any atom is 0.146 e. The monoisotopic (exact) mass is 341 g/mol. The first-order valence-corrected chi connectivity index (χ1v) is 9.34. The van der Waals surface area contributed by atoms with E-state index in [-0.39, 0.29) is 12.3 Å². The van der Waals surface area contributed by atoms with Crippen molar-refractivity contribution >= 4 is 18.0 Å². The van der Waals surface area contributed by atoms with Crippen LogP contribution in [0.4, 0.5) is 5.69 Å². The van der Waals surface area contributed by atoms with E-state index in [0.29, 0.717) is 5.92 Å². The standard InChI is InChI=1S/C20H27N3O2/c1-3-23-20-16(12-21-23)10-15-11-18(25-2)8-9-19(15)22(20)13-14-4-6-17(24)7-5-14/h8-12,14,17,20,24H,3-7,13H2,1-2H3. The van der Waals surface area contributed by atoms with Crippen LogP contribution >= 0.6 is 0 Å². The molecule has 1 aromatic carbocycles. The van der Waals surface area contributed by atoms with Crippen molar-refractivity contribution in [3.63, 3.8) is 0 Å². The van der Waals surface area contributed by atoms with E-state index in [1.807, 2.05) is 12.3 Å². The Balaban J connectivity index is 1.66. The van der Waals surface area contributed by atoms with Gasteiger partial charge in [-0.05, 0) is 62.8 Å². The largest absolute Gasteiger partial charge is 0.497 e. The first kappa shape index (κ1) is 16.5. The molecule has 3 aliphatic rings. The molecular formula is C20H27N3O2. The van der Waals surface area contributed by atoms with Gasteiger partial charge in [-0.3, -0.25) is 5.01 Å². The van der Waals surface area contributed by atoms with Gasteiger partial charge in [-0.2, -0.15) is 5.10 Å². The molecule has 1 aromatic rings. The molecule has 1 saturated carbocycles. The Morgan fingerprint density at radius 1 is 1.24 bits per heavy atom. The fourth-order valence-electron chi connectivity index (χ4n) is 4.30. The number of fused-ring (bicyclic) bond motifs is 2. The minimum absolute atomic E-state index is 0.105. The third-order valence-electron chi connectivity index (χ3n) is 5.69. The molecule has 1 atom stereocenters. The molecule has 0 radical (unpaired) electrons. The van der Waals surface area contributed by atoms with Gasteiger partial charge in [-0.25, -0.2) is 0 Å². The SMILES string of the molecule is CCN1N=CC2=Cc3cc(OC)ccc3N(CC3CCC(O)CC3)C21. The van der Waals surface area contributed by atoms with E-state index in [4.69, 9.17) is 4.74 Å². The molecule has 2 heterocycles. The van der Waals surface area contributed by atoms with Gasteiger partial charge in [0.1, 0.15) is 11.9 Å². The van der Waals surface area contributed by atoms with E-state index < -0.39 is 0 Å². The van der Waals surface area contributed by atoms with Crippen LogP contribution in [0, 0.1) is 5.92 Å². The zero-order valence-electron chi connectivity index (χ0n) is 15.1. The highest BCUT2D eigenvalue weighted by Gasteiger charge is 2.36. The zero-order valence-corrected chi connectivity index (χ0v) is 15.1. The van der Waals surface area contributed by atoms with Crippen LogP contribution in [-0.4, -0.2) is 48.8 Å². The van der Waals surface area contributed by atoms with Gasteiger partial charge in [-0.1, -0.05) is 0 Å². The third-order valence-corrected chi connectivity index (χ3v) is 5.69. The van der Waals surface area contributed by atoms with Gasteiger partial charge < -0.3 is 14.7 Å². The van der Waals surface area contributed by atoms with Crippen molar-refractivity contribution in [3.05, 3.63) is 29.3 Å². The number of methoxy groups -OCH3 is 1. The summed E-state index contributed by atoms with van der Waals surface area (Å²) in [7, 11) is 1.71. The van der Waals surface area contributed by atoms with Gasteiger partial charge in [-0.15, -0.1) is 0 Å². The van der Waals surface area contributed by atoms with Crippen molar-refractivity contribution in [1.82, 2.24) is 5.01 Å². The van der Waals surface area contributed by atoms with Gasteiger partial charge in [0.25, 0.3) is 0 Å². The molecule has 5 nitrogen and oxygen atoms in total. The highest BCUT2D eigenvalue weighted by molar-refractivity contribution is 5.94. The number of aliphatic hydroxyl groups is 1. The fraction of sp³-hybridized carbons (Fsp3) is 0.550. The second-order valence-electron chi connectivity index (χ2n) is 7.27. The van der Waals surface area contributed by atoms with E-state index in [1.54, 1.807) is 7.11 Å². The summed E-state index contributed by atoms with van der Waals surface area (Å²) < 4.78 is 5.41. The molecule has 1 N–H and O–H groups in total. The molecule has 25 heavy (non-hydrogen) atoms. The minimum atomic E-state index is -0.105. The van der Waals surface area contributed by atoms with Crippen LogP contribution in [-0.2, 0) is 0 Å². The second kappa shape index (κ2) is 6.71. The lowest BCUT2D eigenvalue weighted by molar-refractivity contribution is 0.108. The Kier molecular flexibility index (Phi) is 4.42. The Hall–Kier alpha value is -2.01. The van der Waals surface area contributed by atoms with E-state index in [1.165, 1.54) is 16.8 Å². The average Bonchev–Trinajstić information content (AvgIpc) is 3.05. The summed E-state index contributed by atoms with van der Waals surface area (Å²) in [5.74, 6) is 1.51. The van der Waals surface area contributed by atoms with Crippen molar-refractivity contribution in [1.29, 1.82) is 0 Å².